The Kier molecular flexibility index (Phi) is 5.79. The summed E-state index contributed by atoms with van der Waals surface area (Å²) in [5.41, 5.74) is 3.64. The second kappa shape index (κ2) is 9.12. The molecule has 184 valence electrons. The first kappa shape index (κ1) is 22.8. The zero-order valence-corrected chi connectivity index (χ0v) is 20.9. The molecule has 0 bridgehead atoms. The van der Waals surface area contributed by atoms with Gasteiger partial charge in [-0.05, 0) is 18.2 Å². The van der Waals surface area contributed by atoms with E-state index in [1.165, 1.54) is 0 Å². The van der Waals surface area contributed by atoms with Crippen LogP contribution in [0.1, 0.15) is 5.82 Å². The normalized spacial score (nSPS) is 13.8. The quantitative estimate of drug-likeness (QED) is 0.297. The van der Waals surface area contributed by atoms with E-state index in [2.05, 4.69) is 25.3 Å². The Morgan fingerprint density at radius 2 is 1.92 bits per heavy atom. The van der Waals surface area contributed by atoms with Crippen LogP contribution in [0, 0.1) is 0 Å². The first-order valence-corrected chi connectivity index (χ1v) is 11.9. The number of hydrogen-bond donors (Lipinski definition) is 2. The van der Waals surface area contributed by atoms with Gasteiger partial charge in [-0.25, -0.2) is 15.0 Å². The molecule has 6 rings (SSSR count). The first-order chi connectivity index (χ1) is 17.5. The molecule has 12 heteroatoms. The van der Waals surface area contributed by atoms with Crippen LogP contribution >= 0.6 is 23.2 Å². The minimum Gasteiger partial charge on any atom is -0.493 e. The molecule has 1 aromatic carbocycles. The van der Waals surface area contributed by atoms with Crippen molar-refractivity contribution in [1.82, 2.24) is 29.7 Å². The van der Waals surface area contributed by atoms with Gasteiger partial charge in [-0.3, -0.25) is 4.68 Å². The van der Waals surface area contributed by atoms with Crippen LogP contribution in [0.4, 0.5) is 5.82 Å². The molecule has 10 nitrogen and oxygen atoms in total. The molecule has 36 heavy (non-hydrogen) atoms. The summed E-state index contributed by atoms with van der Waals surface area (Å²) in [6, 6.07) is 7.34. The van der Waals surface area contributed by atoms with Crippen molar-refractivity contribution in [1.29, 1.82) is 0 Å². The topological polar surface area (TPSA) is 112 Å². The maximum absolute atomic E-state index is 6.67. The molecule has 2 N–H and O–H groups in total. The number of imidazole rings is 1. The van der Waals surface area contributed by atoms with E-state index in [1.54, 1.807) is 32.5 Å². The van der Waals surface area contributed by atoms with Crippen molar-refractivity contribution in [2.24, 2.45) is 0 Å². The molecule has 1 aliphatic heterocycles. The minimum atomic E-state index is 0.188. The van der Waals surface area contributed by atoms with E-state index in [0.29, 0.717) is 64.2 Å². The van der Waals surface area contributed by atoms with Crippen molar-refractivity contribution < 1.29 is 14.2 Å². The number of halogens is 2. The molecule has 0 aliphatic carbocycles. The van der Waals surface area contributed by atoms with Gasteiger partial charge in [0.05, 0.1) is 50.6 Å². The van der Waals surface area contributed by atoms with Crippen LogP contribution in [-0.4, -0.2) is 63.2 Å². The predicted octanol–water partition coefficient (Wildman–Crippen LogP) is 4.55. The summed E-state index contributed by atoms with van der Waals surface area (Å²) in [4.78, 5) is 16.8. The second-order valence-electron chi connectivity index (χ2n) is 8.36. The van der Waals surface area contributed by atoms with E-state index in [-0.39, 0.29) is 6.04 Å². The summed E-state index contributed by atoms with van der Waals surface area (Å²) in [7, 11) is 3.16. The molecule has 0 radical (unpaired) electrons. The van der Waals surface area contributed by atoms with Crippen molar-refractivity contribution in [3.8, 4) is 22.6 Å². The number of hydrogen-bond acceptors (Lipinski definition) is 8. The van der Waals surface area contributed by atoms with Gasteiger partial charge in [0.15, 0.2) is 23.0 Å². The van der Waals surface area contributed by atoms with Gasteiger partial charge in [-0.1, -0.05) is 23.2 Å². The van der Waals surface area contributed by atoms with E-state index >= 15 is 0 Å². The lowest BCUT2D eigenvalue weighted by Gasteiger charge is -2.27. The van der Waals surface area contributed by atoms with Crippen LogP contribution in [-0.2, 0) is 11.3 Å². The number of H-pyrrole nitrogens is 1. The Balaban J connectivity index is 1.45. The van der Waals surface area contributed by atoms with Crippen LogP contribution in [0.2, 0.25) is 10.2 Å². The van der Waals surface area contributed by atoms with E-state index in [9.17, 15) is 0 Å². The Hall–Kier alpha value is -3.60. The fourth-order valence-electron chi connectivity index (χ4n) is 4.18. The molecule has 1 aliphatic rings. The van der Waals surface area contributed by atoms with Gasteiger partial charge in [-0.2, -0.15) is 5.10 Å². The van der Waals surface area contributed by atoms with E-state index < -0.39 is 0 Å². The van der Waals surface area contributed by atoms with Gasteiger partial charge < -0.3 is 24.5 Å². The summed E-state index contributed by atoms with van der Waals surface area (Å²) < 4.78 is 18.0. The van der Waals surface area contributed by atoms with Crippen LogP contribution in [0.15, 0.2) is 36.7 Å². The molecule has 1 fully saturated rings. The van der Waals surface area contributed by atoms with Crippen LogP contribution < -0.4 is 14.8 Å². The maximum Gasteiger partial charge on any atom is 0.179 e. The zero-order valence-electron chi connectivity index (χ0n) is 19.4. The maximum atomic E-state index is 6.67. The molecule has 0 saturated carbocycles. The van der Waals surface area contributed by atoms with Crippen LogP contribution in [0.5, 0.6) is 11.5 Å². The predicted molar refractivity (Wildman–Crippen MR) is 137 cm³/mol. The lowest BCUT2D eigenvalue weighted by molar-refractivity contribution is 0.0210. The van der Waals surface area contributed by atoms with E-state index in [1.807, 2.05) is 23.0 Å². The number of methoxy groups -OCH3 is 2. The molecule has 5 heterocycles. The molecule has 4 aromatic heterocycles. The van der Waals surface area contributed by atoms with Crippen molar-refractivity contribution in [2.45, 2.75) is 12.6 Å². The molecule has 0 amide bonds. The smallest absolute Gasteiger partial charge is 0.179 e. The SMILES string of the molecule is COc1cc(Cl)c(-c2cnc(NC3COC3)c3nn(Cc4nc5nc(Cl)ccc5[nH]4)cc23)cc1OC. The molecule has 5 aromatic rings. The Bertz CT molecular complexity index is 1600. The lowest BCUT2D eigenvalue weighted by Crippen LogP contribution is -2.40. The number of rotatable bonds is 7. The Morgan fingerprint density at radius 3 is 2.67 bits per heavy atom. The summed E-state index contributed by atoms with van der Waals surface area (Å²) in [5.74, 6) is 2.50. The minimum absolute atomic E-state index is 0.188. The zero-order chi connectivity index (χ0) is 24.8. The largest absolute Gasteiger partial charge is 0.493 e. The fourth-order valence-corrected chi connectivity index (χ4v) is 4.57. The van der Waals surface area contributed by atoms with Gasteiger partial charge in [0.25, 0.3) is 0 Å². The third kappa shape index (κ3) is 4.06. The van der Waals surface area contributed by atoms with Crippen LogP contribution in [0.3, 0.4) is 0 Å². The number of pyridine rings is 2. The van der Waals surface area contributed by atoms with Gasteiger partial charge in [0.2, 0.25) is 0 Å². The molecule has 0 atom stereocenters. The first-order valence-electron chi connectivity index (χ1n) is 11.2. The van der Waals surface area contributed by atoms with E-state index in [4.69, 9.17) is 42.5 Å². The third-order valence-corrected chi connectivity index (χ3v) is 6.54. The average molecular weight is 526 g/mol. The van der Waals surface area contributed by atoms with Gasteiger partial charge in [-0.15, -0.1) is 0 Å². The number of ether oxygens (including phenoxy) is 3. The monoisotopic (exact) mass is 525 g/mol. The number of nitrogens with one attached hydrogen (secondary N) is 2. The molecular weight excluding hydrogens is 505 g/mol. The van der Waals surface area contributed by atoms with Crippen molar-refractivity contribution >= 4 is 51.1 Å². The molecule has 0 spiro atoms. The Morgan fingerprint density at radius 1 is 1.11 bits per heavy atom. The number of aromatic nitrogens is 6. The standard InChI is InChI=1S/C24H21Cl2N7O3/c1-34-18-5-13(16(25)6-19(18)35-2)14-7-27-24(28-12-10-36-11-12)22-15(14)8-33(32-22)9-21-29-17-3-4-20(26)30-23(17)31-21/h3-8,12H,9-11H2,1-2H3,(H,27,28)(H,29,30,31). The van der Waals surface area contributed by atoms with Crippen molar-refractivity contribution in [3.05, 3.63) is 52.7 Å². The number of aromatic amines is 1. The summed E-state index contributed by atoms with van der Waals surface area (Å²) >= 11 is 12.7. The number of anilines is 1. The summed E-state index contributed by atoms with van der Waals surface area (Å²) in [5, 5.41) is 10.0. The number of benzene rings is 1. The van der Waals surface area contributed by atoms with Gasteiger partial charge in [0.1, 0.15) is 16.5 Å². The highest BCUT2D eigenvalue weighted by molar-refractivity contribution is 6.34. The van der Waals surface area contributed by atoms with Crippen molar-refractivity contribution in [2.75, 3.05) is 32.8 Å². The highest BCUT2D eigenvalue weighted by Crippen LogP contribution is 2.41. The molecule has 1 saturated heterocycles. The van der Waals surface area contributed by atoms with Gasteiger partial charge >= 0.3 is 0 Å². The molecule has 0 unspecified atom stereocenters. The average Bonchev–Trinajstić information content (AvgIpc) is 3.44. The third-order valence-electron chi connectivity index (χ3n) is 6.01. The van der Waals surface area contributed by atoms with Crippen molar-refractivity contribution in [3.63, 3.8) is 0 Å². The number of fused-ring (bicyclic) bond motifs is 2. The highest BCUT2D eigenvalue weighted by atomic mass is 35.5. The Labute approximate surface area is 215 Å². The van der Waals surface area contributed by atoms with Crippen LogP contribution in [0.25, 0.3) is 33.2 Å². The fraction of sp³-hybridized carbons (Fsp3) is 0.250. The van der Waals surface area contributed by atoms with E-state index in [0.717, 1.165) is 22.0 Å². The second-order valence-corrected chi connectivity index (χ2v) is 9.16. The molecular formula is C24H21Cl2N7O3. The highest BCUT2D eigenvalue weighted by Gasteiger charge is 2.23. The number of nitrogens with zero attached hydrogens (tertiary/aromatic N) is 5. The summed E-state index contributed by atoms with van der Waals surface area (Å²) in [6.45, 7) is 1.65. The lowest BCUT2D eigenvalue weighted by atomic mass is 10.0. The van der Waals surface area contributed by atoms with Gasteiger partial charge in [0, 0.05) is 35.0 Å². The summed E-state index contributed by atoms with van der Waals surface area (Å²) in [6.07, 6.45) is 3.74.